The Kier molecular flexibility index (Phi) is 6.47. The van der Waals surface area contributed by atoms with Crippen LogP contribution in [0.4, 0.5) is 0 Å². The van der Waals surface area contributed by atoms with E-state index in [9.17, 15) is 0 Å². The van der Waals surface area contributed by atoms with Crippen molar-refractivity contribution in [1.82, 2.24) is 15.2 Å². The van der Waals surface area contributed by atoms with Crippen molar-refractivity contribution in [2.24, 2.45) is 5.92 Å². The predicted molar refractivity (Wildman–Crippen MR) is 103 cm³/mol. The molecule has 26 heavy (non-hydrogen) atoms. The van der Waals surface area contributed by atoms with Gasteiger partial charge in [0.25, 0.3) is 0 Å². The second-order valence-electron chi connectivity index (χ2n) is 7.08. The van der Waals surface area contributed by atoms with Crippen LogP contribution in [-0.2, 0) is 13.2 Å². The standard InChI is InChI=1S/C21H29N3O2/c1-24(2)20(16-7-8-16)14-22-13-17-12-19(25-3)9-10-21(17)26-15-18-6-4-5-11-23-18/h4-6,9-12,16,20,22H,7-8,13-15H2,1-3H3. The smallest absolute Gasteiger partial charge is 0.130 e. The summed E-state index contributed by atoms with van der Waals surface area (Å²) in [4.78, 5) is 6.65. The van der Waals surface area contributed by atoms with Crippen LogP contribution in [-0.4, -0.2) is 43.7 Å². The Labute approximate surface area is 156 Å². The number of nitrogens with zero attached hydrogens (tertiary/aromatic N) is 2. The Balaban J connectivity index is 1.62. The first-order valence-corrected chi connectivity index (χ1v) is 9.24. The van der Waals surface area contributed by atoms with Crippen molar-refractivity contribution in [2.75, 3.05) is 27.7 Å². The molecule has 0 aliphatic heterocycles. The fraction of sp³-hybridized carbons (Fsp3) is 0.476. The molecule has 1 unspecified atom stereocenters. The molecule has 1 aromatic heterocycles. The zero-order chi connectivity index (χ0) is 18.4. The SMILES string of the molecule is COc1ccc(OCc2ccccn2)c(CNCC(C2CC2)N(C)C)c1. The molecule has 0 saturated heterocycles. The summed E-state index contributed by atoms with van der Waals surface area (Å²) in [6, 6.07) is 12.4. The van der Waals surface area contributed by atoms with Crippen LogP contribution in [0.2, 0.25) is 0 Å². The van der Waals surface area contributed by atoms with Gasteiger partial charge in [0, 0.05) is 30.9 Å². The van der Waals surface area contributed by atoms with Crippen molar-refractivity contribution in [3.8, 4) is 11.5 Å². The third-order valence-electron chi connectivity index (χ3n) is 4.87. The highest BCUT2D eigenvalue weighted by Crippen LogP contribution is 2.34. The molecule has 1 atom stereocenters. The van der Waals surface area contributed by atoms with Gasteiger partial charge in [0.2, 0.25) is 0 Å². The van der Waals surface area contributed by atoms with Gasteiger partial charge in [-0.1, -0.05) is 6.07 Å². The summed E-state index contributed by atoms with van der Waals surface area (Å²) in [5.41, 5.74) is 2.03. The van der Waals surface area contributed by atoms with E-state index in [-0.39, 0.29) is 0 Å². The van der Waals surface area contributed by atoms with Crippen molar-refractivity contribution in [2.45, 2.75) is 32.0 Å². The van der Waals surface area contributed by atoms with Crippen LogP contribution in [0.25, 0.3) is 0 Å². The molecular formula is C21H29N3O2. The molecule has 0 bridgehead atoms. The number of ether oxygens (including phenoxy) is 2. The number of aromatic nitrogens is 1. The molecule has 0 radical (unpaired) electrons. The fourth-order valence-corrected chi connectivity index (χ4v) is 3.20. The van der Waals surface area contributed by atoms with E-state index in [0.717, 1.165) is 41.8 Å². The number of hydrogen-bond donors (Lipinski definition) is 1. The largest absolute Gasteiger partial charge is 0.497 e. The number of methoxy groups -OCH3 is 1. The quantitative estimate of drug-likeness (QED) is 0.710. The van der Waals surface area contributed by atoms with E-state index in [2.05, 4.69) is 29.3 Å². The third kappa shape index (κ3) is 5.19. The van der Waals surface area contributed by atoms with Crippen molar-refractivity contribution in [3.05, 3.63) is 53.9 Å². The van der Waals surface area contributed by atoms with Gasteiger partial charge in [0.15, 0.2) is 0 Å². The van der Waals surface area contributed by atoms with Crippen LogP contribution >= 0.6 is 0 Å². The minimum atomic E-state index is 0.461. The zero-order valence-corrected chi connectivity index (χ0v) is 15.9. The molecule has 2 aromatic rings. The Morgan fingerprint density at radius 3 is 2.73 bits per heavy atom. The lowest BCUT2D eigenvalue weighted by molar-refractivity contribution is 0.254. The summed E-state index contributed by atoms with van der Waals surface area (Å²) < 4.78 is 11.4. The highest BCUT2D eigenvalue weighted by atomic mass is 16.5. The normalized spacial score (nSPS) is 15.1. The van der Waals surface area contributed by atoms with Crippen molar-refractivity contribution in [1.29, 1.82) is 0 Å². The van der Waals surface area contributed by atoms with Gasteiger partial charge in [-0.2, -0.15) is 0 Å². The van der Waals surface area contributed by atoms with E-state index in [4.69, 9.17) is 9.47 Å². The van der Waals surface area contributed by atoms with Gasteiger partial charge in [-0.25, -0.2) is 0 Å². The maximum atomic E-state index is 6.02. The van der Waals surface area contributed by atoms with Crippen LogP contribution in [0, 0.1) is 5.92 Å². The Morgan fingerprint density at radius 1 is 1.23 bits per heavy atom. The maximum Gasteiger partial charge on any atom is 0.130 e. The predicted octanol–water partition coefficient (Wildman–Crippen LogP) is 3.10. The molecule has 1 heterocycles. The van der Waals surface area contributed by atoms with Crippen LogP contribution in [0.3, 0.4) is 0 Å². The highest BCUT2D eigenvalue weighted by molar-refractivity contribution is 5.40. The molecule has 1 aliphatic rings. The van der Waals surface area contributed by atoms with Crippen molar-refractivity contribution in [3.63, 3.8) is 0 Å². The molecule has 0 spiro atoms. The van der Waals surface area contributed by atoms with E-state index in [1.165, 1.54) is 12.8 Å². The van der Waals surface area contributed by atoms with Crippen LogP contribution in [0.5, 0.6) is 11.5 Å². The minimum absolute atomic E-state index is 0.461. The van der Waals surface area contributed by atoms with E-state index in [0.29, 0.717) is 12.6 Å². The number of pyridine rings is 1. The molecule has 1 N–H and O–H groups in total. The number of benzene rings is 1. The van der Waals surface area contributed by atoms with E-state index in [1.54, 1.807) is 13.3 Å². The van der Waals surface area contributed by atoms with Gasteiger partial charge >= 0.3 is 0 Å². The van der Waals surface area contributed by atoms with E-state index < -0.39 is 0 Å². The number of hydrogen-bond acceptors (Lipinski definition) is 5. The number of nitrogens with one attached hydrogen (secondary N) is 1. The first-order chi connectivity index (χ1) is 12.7. The van der Waals surface area contributed by atoms with Gasteiger partial charge < -0.3 is 19.7 Å². The van der Waals surface area contributed by atoms with Gasteiger partial charge in [-0.05, 0) is 63.2 Å². The van der Waals surface area contributed by atoms with Crippen molar-refractivity contribution < 1.29 is 9.47 Å². The minimum Gasteiger partial charge on any atom is -0.497 e. The number of rotatable bonds is 10. The topological polar surface area (TPSA) is 46.6 Å². The van der Waals surface area contributed by atoms with Gasteiger partial charge in [-0.15, -0.1) is 0 Å². The summed E-state index contributed by atoms with van der Waals surface area (Å²) >= 11 is 0. The highest BCUT2D eigenvalue weighted by Gasteiger charge is 2.32. The van der Waals surface area contributed by atoms with E-state index in [1.807, 2.05) is 36.4 Å². The summed E-state index contributed by atoms with van der Waals surface area (Å²) in [7, 11) is 6.02. The molecule has 5 heteroatoms. The average molecular weight is 355 g/mol. The summed E-state index contributed by atoms with van der Waals surface area (Å²) in [6.07, 6.45) is 4.48. The zero-order valence-electron chi connectivity index (χ0n) is 15.9. The van der Waals surface area contributed by atoms with Crippen LogP contribution in [0.1, 0.15) is 24.1 Å². The van der Waals surface area contributed by atoms with Crippen LogP contribution < -0.4 is 14.8 Å². The Morgan fingerprint density at radius 2 is 2.08 bits per heavy atom. The Hall–Kier alpha value is -2.11. The molecular weight excluding hydrogens is 326 g/mol. The first kappa shape index (κ1) is 18.7. The second kappa shape index (κ2) is 9.01. The van der Waals surface area contributed by atoms with Gasteiger partial charge in [0.1, 0.15) is 18.1 Å². The third-order valence-corrected chi connectivity index (χ3v) is 4.87. The average Bonchev–Trinajstić information content (AvgIpc) is 3.49. The van der Waals surface area contributed by atoms with Gasteiger partial charge in [-0.3, -0.25) is 4.98 Å². The lowest BCUT2D eigenvalue weighted by Crippen LogP contribution is -2.39. The molecule has 140 valence electrons. The summed E-state index contributed by atoms with van der Waals surface area (Å²) in [6.45, 7) is 2.20. The monoisotopic (exact) mass is 355 g/mol. The molecule has 1 aliphatic carbocycles. The molecule has 5 nitrogen and oxygen atoms in total. The Bertz CT molecular complexity index is 685. The maximum absolute atomic E-state index is 6.02. The number of likely N-dealkylation sites (N-methyl/N-ethyl adjacent to an activating group) is 1. The van der Waals surface area contributed by atoms with Gasteiger partial charge in [0.05, 0.1) is 12.8 Å². The summed E-state index contributed by atoms with van der Waals surface area (Å²) in [5.74, 6) is 2.55. The molecule has 1 saturated carbocycles. The van der Waals surface area contributed by atoms with E-state index >= 15 is 0 Å². The second-order valence-corrected chi connectivity index (χ2v) is 7.08. The summed E-state index contributed by atoms with van der Waals surface area (Å²) in [5, 5.41) is 3.60. The lowest BCUT2D eigenvalue weighted by Gasteiger charge is -2.24. The molecule has 1 fully saturated rings. The van der Waals surface area contributed by atoms with Crippen LogP contribution in [0.15, 0.2) is 42.6 Å². The molecule has 1 aromatic carbocycles. The van der Waals surface area contributed by atoms with Crippen molar-refractivity contribution >= 4 is 0 Å². The molecule has 3 rings (SSSR count). The first-order valence-electron chi connectivity index (χ1n) is 9.24. The lowest BCUT2D eigenvalue weighted by atomic mass is 10.1. The fourth-order valence-electron chi connectivity index (χ4n) is 3.20. The molecule has 0 amide bonds.